The first-order chi connectivity index (χ1) is 15.2. The van der Waals surface area contributed by atoms with Gasteiger partial charge in [0.25, 0.3) is 5.91 Å². The highest BCUT2D eigenvalue weighted by Gasteiger charge is 2.27. The fourth-order valence-corrected chi connectivity index (χ4v) is 4.26. The topological polar surface area (TPSA) is 71.1 Å². The molecule has 0 aliphatic carbocycles. The molecule has 4 rings (SSSR count). The molecular weight excluding hydrogens is 394 g/mol. The van der Waals surface area contributed by atoms with Crippen LogP contribution in [0.2, 0.25) is 0 Å². The molecule has 1 atom stereocenters. The molecule has 2 saturated heterocycles. The van der Waals surface area contributed by atoms with Crippen molar-refractivity contribution in [1.29, 1.82) is 0 Å². The molecule has 7 nitrogen and oxygen atoms in total. The summed E-state index contributed by atoms with van der Waals surface area (Å²) < 4.78 is 10.8. The van der Waals surface area contributed by atoms with Crippen molar-refractivity contribution in [3.63, 3.8) is 0 Å². The molecule has 164 valence electrons. The van der Waals surface area contributed by atoms with Gasteiger partial charge in [-0.3, -0.25) is 14.5 Å². The van der Waals surface area contributed by atoms with Gasteiger partial charge in [0.2, 0.25) is 5.91 Å². The van der Waals surface area contributed by atoms with Crippen molar-refractivity contribution in [2.24, 2.45) is 0 Å². The van der Waals surface area contributed by atoms with Gasteiger partial charge in [-0.05, 0) is 36.2 Å². The van der Waals surface area contributed by atoms with Crippen LogP contribution in [-0.4, -0.2) is 63.2 Å². The Kier molecular flexibility index (Phi) is 6.84. The first-order valence-electron chi connectivity index (χ1n) is 10.8. The van der Waals surface area contributed by atoms with Crippen LogP contribution in [0.25, 0.3) is 0 Å². The third-order valence-electron chi connectivity index (χ3n) is 5.96. The highest BCUT2D eigenvalue weighted by Crippen LogP contribution is 2.27. The van der Waals surface area contributed by atoms with E-state index in [1.165, 1.54) is 0 Å². The Morgan fingerprint density at radius 1 is 1.10 bits per heavy atom. The molecule has 7 heteroatoms. The number of benzene rings is 2. The molecule has 0 saturated carbocycles. The van der Waals surface area contributed by atoms with E-state index >= 15 is 0 Å². The van der Waals surface area contributed by atoms with E-state index in [0.717, 1.165) is 30.8 Å². The van der Waals surface area contributed by atoms with Gasteiger partial charge >= 0.3 is 0 Å². The Balaban J connectivity index is 1.51. The lowest BCUT2D eigenvalue weighted by Crippen LogP contribution is -2.44. The Bertz CT molecular complexity index is 909. The van der Waals surface area contributed by atoms with Crippen LogP contribution in [0.3, 0.4) is 0 Å². The van der Waals surface area contributed by atoms with Crippen molar-refractivity contribution in [2.45, 2.75) is 18.9 Å². The molecule has 2 fully saturated rings. The second kappa shape index (κ2) is 9.94. The second-order valence-electron chi connectivity index (χ2n) is 7.81. The lowest BCUT2D eigenvalue weighted by molar-refractivity contribution is -0.117. The molecule has 2 aliphatic heterocycles. The maximum Gasteiger partial charge on any atom is 0.253 e. The van der Waals surface area contributed by atoms with Crippen LogP contribution in [0.15, 0.2) is 48.5 Å². The average molecular weight is 424 g/mol. The summed E-state index contributed by atoms with van der Waals surface area (Å²) >= 11 is 0. The summed E-state index contributed by atoms with van der Waals surface area (Å²) in [5, 5.41) is 3.11. The number of carbonyl (C=O) groups is 2. The van der Waals surface area contributed by atoms with Crippen LogP contribution >= 0.6 is 0 Å². The van der Waals surface area contributed by atoms with Crippen LogP contribution in [0.1, 0.15) is 34.8 Å². The van der Waals surface area contributed by atoms with E-state index < -0.39 is 0 Å². The van der Waals surface area contributed by atoms with Crippen LogP contribution in [0.5, 0.6) is 5.75 Å². The summed E-state index contributed by atoms with van der Waals surface area (Å²) in [6.07, 6.45) is 1.36. The van der Waals surface area contributed by atoms with E-state index in [1.807, 2.05) is 42.5 Å². The number of ether oxygens (including phenoxy) is 2. The maximum absolute atomic E-state index is 13.1. The summed E-state index contributed by atoms with van der Waals surface area (Å²) in [6.45, 7) is 4.11. The van der Waals surface area contributed by atoms with Gasteiger partial charge in [-0.1, -0.05) is 24.3 Å². The second-order valence-corrected chi connectivity index (χ2v) is 7.81. The molecule has 1 N–H and O–H groups in total. The lowest BCUT2D eigenvalue weighted by atomic mass is 10.0. The van der Waals surface area contributed by atoms with Crippen LogP contribution in [0, 0.1) is 0 Å². The molecule has 0 bridgehead atoms. The van der Waals surface area contributed by atoms with E-state index in [2.05, 4.69) is 10.2 Å². The van der Waals surface area contributed by atoms with Crippen molar-refractivity contribution in [2.75, 3.05) is 51.4 Å². The summed E-state index contributed by atoms with van der Waals surface area (Å²) in [5.74, 6) is 0.712. The zero-order valence-corrected chi connectivity index (χ0v) is 17.9. The third kappa shape index (κ3) is 4.89. The zero-order valence-electron chi connectivity index (χ0n) is 17.9. The summed E-state index contributed by atoms with van der Waals surface area (Å²) in [7, 11) is 1.65. The molecule has 0 aromatic heterocycles. The molecule has 0 spiro atoms. The number of amides is 2. The Morgan fingerprint density at radius 2 is 1.84 bits per heavy atom. The molecule has 31 heavy (non-hydrogen) atoms. The minimum absolute atomic E-state index is 0.0272. The quantitative estimate of drug-likeness (QED) is 0.741. The number of nitrogens with one attached hydrogen (secondary N) is 1. The molecule has 2 aliphatic rings. The van der Waals surface area contributed by atoms with Gasteiger partial charge in [-0.25, -0.2) is 0 Å². The monoisotopic (exact) mass is 423 g/mol. The molecular formula is C24H29N3O4. The Hall–Kier alpha value is -2.90. The Morgan fingerprint density at radius 3 is 2.52 bits per heavy atom. The fraction of sp³-hybridized carbons (Fsp3) is 0.417. The van der Waals surface area contributed by atoms with E-state index in [1.54, 1.807) is 18.1 Å². The molecule has 2 aromatic carbocycles. The van der Waals surface area contributed by atoms with Crippen LogP contribution < -0.4 is 15.0 Å². The molecule has 0 radical (unpaired) electrons. The number of nitrogens with zero attached hydrogens (tertiary/aromatic N) is 2. The molecule has 2 amide bonds. The molecule has 2 heterocycles. The predicted octanol–water partition coefficient (Wildman–Crippen LogP) is 2.63. The van der Waals surface area contributed by atoms with E-state index in [9.17, 15) is 9.59 Å². The van der Waals surface area contributed by atoms with E-state index in [-0.39, 0.29) is 17.9 Å². The average Bonchev–Trinajstić information content (AvgIpc) is 3.26. The van der Waals surface area contributed by atoms with Crippen molar-refractivity contribution < 1.29 is 19.1 Å². The largest absolute Gasteiger partial charge is 0.497 e. The van der Waals surface area contributed by atoms with Crippen molar-refractivity contribution in [3.8, 4) is 5.75 Å². The molecule has 2 aromatic rings. The van der Waals surface area contributed by atoms with Gasteiger partial charge in [0, 0.05) is 32.6 Å². The van der Waals surface area contributed by atoms with Gasteiger partial charge < -0.3 is 19.7 Å². The van der Waals surface area contributed by atoms with Crippen molar-refractivity contribution >= 4 is 17.5 Å². The zero-order chi connectivity index (χ0) is 21.6. The highest BCUT2D eigenvalue weighted by atomic mass is 16.5. The number of para-hydroxylation sites is 1. The standard InChI is InChI=1S/C24H29N3O4/c1-30-19-10-8-18(9-11-19)22(26-13-15-31-16-14-26)17-25-24(29)20-5-2-3-6-21(20)27-12-4-7-23(27)28/h2-3,5-6,8-11,22H,4,7,12-17H2,1H3,(H,25,29). The van der Waals surface area contributed by atoms with Crippen LogP contribution in [0.4, 0.5) is 5.69 Å². The third-order valence-corrected chi connectivity index (χ3v) is 5.96. The Labute approximate surface area is 182 Å². The highest BCUT2D eigenvalue weighted by molar-refractivity contribution is 6.05. The van der Waals surface area contributed by atoms with Gasteiger partial charge in [-0.2, -0.15) is 0 Å². The number of hydrogen-bond acceptors (Lipinski definition) is 5. The SMILES string of the molecule is COc1ccc(C(CNC(=O)c2ccccc2N2CCCC2=O)N2CCOCC2)cc1. The maximum atomic E-state index is 13.1. The number of carbonyl (C=O) groups excluding carboxylic acids is 2. The first kappa shape index (κ1) is 21.3. The number of morpholine rings is 1. The van der Waals surface area contributed by atoms with Crippen molar-refractivity contribution in [1.82, 2.24) is 10.2 Å². The van der Waals surface area contributed by atoms with Gasteiger partial charge in [-0.15, -0.1) is 0 Å². The summed E-state index contributed by atoms with van der Waals surface area (Å²) in [5.41, 5.74) is 2.34. The molecule has 1 unspecified atom stereocenters. The van der Waals surface area contributed by atoms with Crippen molar-refractivity contribution in [3.05, 3.63) is 59.7 Å². The predicted molar refractivity (Wildman–Crippen MR) is 118 cm³/mol. The van der Waals surface area contributed by atoms with Gasteiger partial charge in [0.05, 0.1) is 37.6 Å². The summed E-state index contributed by atoms with van der Waals surface area (Å²) in [4.78, 5) is 29.4. The lowest BCUT2D eigenvalue weighted by Gasteiger charge is -2.35. The van der Waals surface area contributed by atoms with Gasteiger partial charge in [0.1, 0.15) is 5.75 Å². The minimum atomic E-state index is -0.165. The van der Waals surface area contributed by atoms with Crippen LogP contribution in [-0.2, 0) is 9.53 Å². The fourth-order valence-electron chi connectivity index (χ4n) is 4.26. The smallest absolute Gasteiger partial charge is 0.253 e. The number of rotatable bonds is 7. The van der Waals surface area contributed by atoms with E-state index in [4.69, 9.17) is 9.47 Å². The van der Waals surface area contributed by atoms with Gasteiger partial charge in [0.15, 0.2) is 0 Å². The summed E-state index contributed by atoms with van der Waals surface area (Å²) in [6, 6.07) is 15.3. The minimum Gasteiger partial charge on any atom is -0.497 e. The number of anilines is 1. The number of methoxy groups -OCH3 is 1. The number of hydrogen-bond donors (Lipinski definition) is 1. The normalized spacial score (nSPS) is 18.1. The van der Waals surface area contributed by atoms with E-state index in [0.29, 0.717) is 44.0 Å². The first-order valence-corrected chi connectivity index (χ1v) is 10.8.